The van der Waals surface area contributed by atoms with Crippen LogP contribution in [0.15, 0.2) is 70.5 Å². The minimum atomic E-state index is -0.325. The molecule has 0 spiro atoms. The molecule has 166 valence electrons. The largest absolute Gasteiger partial charge is 0.463 e. The van der Waals surface area contributed by atoms with Crippen molar-refractivity contribution in [1.82, 2.24) is 34.8 Å². The zero-order chi connectivity index (χ0) is 22.8. The number of hydrogen-bond donors (Lipinski definition) is 2. The fourth-order valence-electron chi connectivity index (χ4n) is 3.61. The van der Waals surface area contributed by atoms with Gasteiger partial charge in [0.25, 0.3) is 11.5 Å². The number of hydrogen-bond acceptors (Lipinski definition) is 6. The van der Waals surface area contributed by atoms with Gasteiger partial charge in [0, 0.05) is 12.6 Å². The number of carbonyl (C=O) groups excluding carboxylic acids is 1. The number of aryl methyl sites for hydroxylation is 1. The predicted octanol–water partition coefficient (Wildman–Crippen LogP) is 2.36. The Hall–Kier alpha value is -4.47. The van der Waals surface area contributed by atoms with Gasteiger partial charge in [0.05, 0.1) is 25.5 Å². The highest BCUT2D eigenvalue weighted by Crippen LogP contribution is 2.17. The van der Waals surface area contributed by atoms with Crippen LogP contribution in [0.3, 0.4) is 0 Å². The fraction of sp³-hybridized carbons (Fsp3) is 0.174. The molecular formula is C23H21N7O3. The van der Waals surface area contributed by atoms with E-state index in [9.17, 15) is 9.59 Å². The maximum Gasteiger partial charge on any atom is 0.271 e. The zero-order valence-corrected chi connectivity index (χ0v) is 17.9. The first-order valence-corrected chi connectivity index (χ1v) is 10.4. The lowest BCUT2D eigenvalue weighted by atomic mass is 10.1. The Morgan fingerprint density at radius 1 is 1.21 bits per heavy atom. The molecule has 0 saturated heterocycles. The van der Waals surface area contributed by atoms with Crippen LogP contribution in [0.5, 0.6) is 0 Å². The lowest BCUT2D eigenvalue weighted by molar-refractivity contribution is 0.0947. The normalized spacial score (nSPS) is 11.2. The highest BCUT2D eigenvalue weighted by atomic mass is 16.3. The van der Waals surface area contributed by atoms with Gasteiger partial charge in [-0.1, -0.05) is 24.3 Å². The molecule has 0 bridgehead atoms. The van der Waals surface area contributed by atoms with E-state index in [0.717, 1.165) is 11.1 Å². The van der Waals surface area contributed by atoms with Crippen molar-refractivity contribution in [2.45, 2.75) is 20.0 Å². The standard InChI is InChI=1S/C23H21N7O3/c1-15-5-2-3-6-16(15)13-29-14-25-21-17(23(29)32)12-26-30(21)9-8-24-22(31)19-11-18(27-28-19)20-7-4-10-33-20/h2-7,10-12,14H,8-9,13H2,1H3,(H,24,31)(H,27,28). The second-order valence-corrected chi connectivity index (χ2v) is 7.61. The maximum atomic E-state index is 12.9. The molecule has 33 heavy (non-hydrogen) atoms. The van der Waals surface area contributed by atoms with Crippen molar-refractivity contribution in [2.75, 3.05) is 6.54 Å². The molecule has 0 aliphatic rings. The first-order valence-electron chi connectivity index (χ1n) is 10.4. The van der Waals surface area contributed by atoms with E-state index < -0.39 is 0 Å². The smallest absolute Gasteiger partial charge is 0.271 e. The second-order valence-electron chi connectivity index (χ2n) is 7.61. The lowest BCUT2D eigenvalue weighted by Crippen LogP contribution is -2.28. The lowest BCUT2D eigenvalue weighted by Gasteiger charge is -2.09. The molecule has 4 heterocycles. The number of carbonyl (C=O) groups is 1. The molecule has 0 radical (unpaired) electrons. The van der Waals surface area contributed by atoms with Gasteiger partial charge >= 0.3 is 0 Å². The summed E-state index contributed by atoms with van der Waals surface area (Å²) in [5.74, 6) is 0.276. The Labute approximate surface area is 187 Å². The molecule has 1 amide bonds. The molecule has 10 nitrogen and oxygen atoms in total. The summed E-state index contributed by atoms with van der Waals surface area (Å²) >= 11 is 0. The summed E-state index contributed by atoms with van der Waals surface area (Å²) < 4.78 is 8.47. The monoisotopic (exact) mass is 443 g/mol. The van der Waals surface area contributed by atoms with E-state index in [1.54, 1.807) is 33.7 Å². The molecule has 0 fully saturated rings. The Morgan fingerprint density at radius 2 is 2.09 bits per heavy atom. The van der Waals surface area contributed by atoms with Crippen LogP contribution < -0.4 is 10.9 Å². The van der Waals surface area contributed by atoms with Crippen molar-refractivity contribution < 1.29 is 9.21 Å². The summed E-state index contributed by atoms with van der Waals surface area (Å²) in [7, 11) is 0. The third-order valence-electron chi connectivity index (χ3n) is 5.43. The number of aromatic amines is 1. The van der Waals surface area contributed by atoms with Gasteiger partial charge in [-0.25, -0.2) is 9.67 Å². The molecular weight excluding hydrogens is 422 g/mol. The quantitative estimate of drug-likeness (QED) is 0.398. The summed E-state index contributed by atoms with van der Waals surface area (Å²) in [6, 6.07) is 13.1. The molecule has 5 rings (SSSR count). The van der Waals surface area contributed by atoms with E-state index in [4.69, 9.17) is 4.42 Å². The minimum absolute atomic E-state index is 0.152. The van der Waals surface area contributed by atoms with E-state index in [1.165, 1.54) is 12.5 Å². The van der Waals surface area contributed by atoms with Crippen molar-refractivity contribution in [3.63, 3.8) is 0 Å². The third-order valence-corrected chi connectivity index (χ3v) is 5.43. The predicted molar refractivity (Wildman–Crippen MR) is 121 cm³/mol. The number of nitrogens with zero attached hydrogens (tertiary/aromatic N) is 5. The second kappa shape index (κ2) is 8.58. The number of aromatic nitrogens is 6. The van der Waals surface area contributed by atoms with E-state index in [1.807, 2.05) is 31.2 Å². The fourth-order valence-corrected chi connectivity index (χ4v) is 3.61. The van der Waals surface area contributed by atoms with Crippen LogP contribution in [0.1, 0.15) is 21.6 Å². The van der Waals surface area contributed by atoms with Gasteiger partial charge in [-0.3, -0.25) is 19.3 Å². The summed E-state index contributed by atoms with van der Waals surface area (Å²) in [6.07, 6.45) is 4.60. The first-order chi connectivity index (χ1) is 16.1. The van der Waals surface area contributed by atoms with Crippen molar-refractivity contribution in [2.24, 2.45) is 0 Å². The number of furan rings is 1. The average molecular weight is 443 g/mol. The van der Waals surface area contributed by atoms with Crippen LogP contribution in [0.4, 0.5) is 0 Å². The number of fused-ring (bicyclic) bond motifs is 1. The van der Waals surface area contributed by atoms with Crippen LogP contribution in [0, 0.1) is 6.92 Å². The highest BCUT2D eigenvalue weighted by Gasteiger charge is 2.14. The molecule has 5 aromatic rings. The van der Waals surface area contributed by atoms with Crippen LogP contribution >= 0.6 is 0 Å². The summed E-state index contributed by atoms with van der Waals surface area (Å²) in [5, 5.41) is 14.3. The van der Waals surface area contributed by atoms with Gasteiger partial charge in [-0.15, -0.1) is 0 Å². The molecule has 2 N–H and O–H groups in total. The third kappa shape index (κ3) is 4.05. The van der Waals surface area contributed by atoms with Gasteiger partial charge in [0.1, 0.15) is 17.4 Å². The SMILES string of the molecule is Cc1ccccc1Cn1cnc2c(cnn2CCNC(=O)c2cc(-c3ccco3)[nH]n2)c1=O. The van der Waals surface area contributed by atoms with E-state index in [0.29, 0.717) is 42.1 Å². The Balaban J connectivity index is 1.25. The number of benzene rings is 1. The van der Waals surface area contributed by atoms with Gasteiger partial charge in [-0.05, 0) is 30.2 Å². The van der Waals surface area contributed by atoms with E-state index >= 15 is 0 Å². The molecule has 1 aromatic carbocycles. The molecule has 0 aliphatic carbocycles. The Morgan fingerprint density at radius 3 is 2.91 bits per heavy atom. The molecule has 4 aromatic heterocycles. The van der Waals surface area contributed by atoms with Gasteiger partial charge in [0.15, 0.2) is 17.1 Å². The van der Waals surface area contributed by atoms with Crippen molar-refractivity contribution in [1.29, 1.82) is 0 Å². The molecule has 0 aliphatic heterocycles. The van der Waals surface area contributed by atoms with Crippen LogP contribution in [0.25, 0.3) is 22.5 Å². The average Bonchev–Trinajstić information content (AvgIpc) is 3.58. The Kier molecular flexibility index (Phi) is 5.31. The van der Waals surface area contributed by atoms with E-state index in [-0.39, 0.29) is 17.2 Å². The molecule has 0 saturated carbocycles. The van der Waals surface area contributed by atoms with Gasteiger partial charge in [-0.2, -0.15) is 10.2 Å². The summed E-state index contributed by atoms with van der Waals surface area (Å²) in [5.41, 5.74) is 3.38. The van der Waals surface area contributed by atoms with Crippen LogP contribution in [0.2, 0.25) is 0 Å². The molecule has 0 unspecified atom stereocenters. The van der Waals surface area contributed by atoms with Crippen LogP contribution in [-0.4, -0.2) is 42.0 Å². The molecule has 0 atom stereocenters. The number of amides is 1. The number of rotatable bonds is 7. The van der Waals surface area contributed by atoms with Gasteiger partial charge < -0.3 is 9.73 Å². The van der Waals surface area contributed by atoms with Gasteiger partial charge in [0.2, 0.25) is 0 Å². The maximum absolute atomic E-state index is 12.9. The Bertz CT molecular complexity index is 1480. The number of H-pyrrole nitrogens is 1. The first kappa shape index (κ1) is 20.4. The van der Waals surface area contributed by atoms with Crippen molar-refractivity contribution in [3.8, 4) is 11.5 Å². The van der Waals surface area contributed by atoms with Crippen LogP contribution in [-0.2, 0) is 13.1 Å². The topological polar surface area (TPSA) is 124 Å². The van der Waals surface area contributed by atoms with Crippen molar-refractivity contribution in [3.05, 3.63) is 88.4 Å². The summed E-state index contributed by atoms with van der Waals surface area (Å²) in [6.45, 7) is 3.12. The minimum Gasteiger partial charge on any atom is -0.463 e. The van der Waals surface area contributed by atoms with E-state index in [2.05, 4.69) is 25.6 Å². The number of nitrogens with one attached hydrogen (secondary N) is 2. The zero-order valence-electron chi connectivity index (χ0n) is 17.9. The highest BCUT2D eigenvalue weighted by molar-refractivity contribution is 5.93. The molecule has 10 heteroatoms. The summed E-state index contributed by atoms with van der Waals surface area (Å²) in [4.78, 5) is 29.7. The van der Waals surface area contributed by atoms with Crippen molar-refractivity contribution >= 4 is 16.9 Å².